The van der Waals surface area contributed by atoms with Crippen molar-refractivity contribution in [2.75, 3.05) is 25.0 Å². The molecule has 0 aliphatic heterocycles. The molecule has 0 aliphatic carbocycles. The van der Waals surface area contributed by atoms with Crippen molar-refractivity contribution in [2.45, 2.75) is 46.6 Å². The van der Waals surface area contributed by atoms with Gasteiger partial charge in [0.15, 0.2) is 0 Å². The minimum Gasteiger partial charge on any atom is -0.369 e. The molecule has 0 amide bonds. The van der Waals surface area contributed by atoms with Crippen LogP contribution in [0.1, 0.15) is 51.6 Å². The van der Waals surface area contributed by atoms with Gasteiger partial charge in [-0.1, -0.05) is 20.8 Å². The van der Waals surface area contributed by atoms with Gasteiger partial charge in [-0.15, -0.1) is 0 Å². The van der Waals surface area contributed by atoms with Crippen molar-refractivity contribution in [3.63, 3.8) is 0 Å². The summed E-state index contributed by atoms with van der Waals surface area (Å²) in [5.74, 6) is 1.30. The number of nitrogens with zero attached hydrogens (tertiary/aromatic N) is 3. The van der Waals surface area contributed by atoms with E-state index in [9.17, 15) is 0 Å². The van der Waals surface area contributed by atoms with Crippen molar-refractivity contribution in [1.82, 2.24) is 15.3 Å². The molecule has 0 aliphatic rings. The molecule has 0 bridgehead atoms. The lowest BCUT2D eigenvalue weighted by molar-refractivity contribution is 0.708. The molecule has 0 aromatic carbocycles. The first-order valence-electron chi connectivity index (χ1n) is 6.89. The third-order valence-corrected chi connectivity index (χ3v) is 2.94. The summed E-state index contributed by atoms with van der Waals surface area (Å²) in [6.45, 7) is 11.5. The van der Waals surface area contributed by atoms with Gasteiger partial charge < -0.3 is 10.2 Å². The Hall–Kier alpha value is -1.16. The molecule has 0 spiro atoms. The standard InChI is InChI=1S/C14H26N4/c1-6-8-18(7-2)13-10-16-14(11(3)4)17-12(13)9-15-5/h10-11,15H,6-9H2,1-5H3. The van der Waals surface area contributed by atoms with Gasteiger partial charge >= 0.3 is 0 Å². The first-order valence-corrected chi connectivity index (χ1v) is 6.89. The van der Waals surface area contributed by atoms with Crippen LogP contribution < -0.4 is 10.2 Å². The molecule has 4 heteroatoms. The van der Waals surface area contributed by atoms with Crippen LogP contribution in [0.2, 0.25) is 0 Å². The number of hydrogen-bond acceptors (Lipinski definition) is 4. The van der Waals surface area contributed by atoms with Gasteiger partial charge in [0.25, 0.3) is 0 Å². The Morgan fingerprint density at radius 1 is 1.33 bits per heavy atom. The maximum absolute atomic E-state index is 4.70. The molecular formula is C14H26N4. The van der Waals surface area contributed by atoms with Crippen molar-refractivity contribution in [1.29, 1.82) is 0 Å². The highest BCUT2D eigenvalue weighted by Crippen LogP contribution is 2.20. The fraction of sp³-hybridized carbons (Fsp3) is 0.714. The average molecular weight is 250 g/mol. The minimum atomic E-state index is 0.371. The summed E-state index contributed by atoms with van der Waals surface area (Å²) in [6, 6.07) is 0. The predicted molar refractivity (Wildman–Crippen MR) is 77.1 cm³/mol. The molecule has 18 heavy (non-hydrogen) atoms. The van der Waals surface area contributed by atoms with E-state index in [1.54, 1.807) is 0 Å². The molecule has 1 aromatic heterocycles. The summed E-state index contributed by atoms with van der Waals surface area (Å²) < 4.78 is 0. The predicted octanol–water partition coefficient (Wildman–Crippen LogP) is 2.56. The maximum atomic E-state index is 4.70. The molecule has 0 unspecified atom stereocenters. The third-order valence-electron chi connectivity index (χ3n) is 2.94. The number of anilines is 1. The summed E-state index contributed by atoms with van der Waals surface area (Å²) in [4.78, 5) is 11.5. The fourth-order valence-corrected chi connectivity index (χ4v) is 1.98. The van der Waals surface area contributed by atoms with Crippen LogP contribution in [-0.2, 0) is 6.54 Å². The van der Waals surface area contributed by atoms with E-state index < -0.39 is 0 Å². The van der Waals surface area contributed by atoms with E-state index in [1.807, 2.05) is 13.2 Å². The quantitative estimate of drug-likeness (QED) is 0.807. The fourth-order valence-electron chi connectivity index (χ4n) is 1.98. The van der Waals surface area contributed by atoms with E-state index in [2.05, 4.69) is 42.9 Å². The van der Waals surface area contributed by atoms with Gasteiger partial charge in [-0.05, 0) is 20.4 Å². The maximum Gasteiger partial charge on any atom is 0.131 e. The second-order valence-corrected chi connectivity index (χ2v) is 4.82. The molecular weight excluding hydrogens is 224 g/mol. The second-order valence-electron chi connectivity index (χ2n) is 4.82. The summed E-state index contributed by atoms with van der Waals surface area (Å²) in [6.07, 6.45) is 3.12. The summed E-state index contributed by atoms with van der Waals surface area (Å²) in [5.41, 5.74) is 2.27. The SMILES string of the molecule is CCCN(CC)c1cnc(C(C)C)nc1CNC. The van der Waals surface area contributed by atoms with Crippen LogP contribution in [0, 0.1) is 0 Å². The van der Waals surface area contributed by atoms with Gasteiger partial charge in [0.1, 0.15) is 5.82 Å². The number of rotatable bonds is 7. The molecule has 0 radical (unpaired) electrons. The molecule has 1 heterocycles. The minimum absolute atomic E-state index is 0.371. The van der Waals surface area contributed by atoms with Gasteiger partial charge in [0, 0.05) is 25.6 Å². The van der Waals surface area contributed by atoms with Crippen LogP contribution >= 0.6 is 0 Å². The van der Waals surface area contributed by atoms with E-state index in [1.165, 1.54) is 0 Å². The van der Waals surface area contributed by atoms with E-state index in [0.717, 1.165) is 43.3 Å². The van der Waals surface area contributed by atoms with Crippen LogP contribution in [0.4, 0.5) is 5.69 Å². The normalized spacial score (nSPS) is 11.0. The molecule has 1 aromatic rings. The molecule has 102 valence electrons. The molecule has 0 saturated heterocycles. The lowest BCUT2D eigenvalue weighted by Crippen LogP contribution is -2.26. The highest BCUT2D eigenvalue weighted by molar-refractivity contribution is 5.49. The van der Waals surface area contributed by atoms with Crippen LogP contribution in [-0.4, -0.2) is 30.1 Å². The van der Waals surface area contributed by atoms with Gasteiger partial charge in [-0.3, -0.25) is 0 Å². The molecule has 1 rings (SSSR count). The van der Waals surface area contributed by atoms with Crippen molar-refractivity contribution < 1.29 is 0 Å². The van der Waals surface area contributed by atoms with Crippen molar-refractivity contribution >= 4 is 5.69 Å². The van der Waals surface area contributed by atoms with Crippen LogP contribution in [0.3, 0.4) is 0 Å². The topological polar surface area (TPSA) is 41.1 Å². The highest BCUT2D eigenvalue weighted by Gasteiger charge is 2.13. The molecule has 0 atom stereocenters. The largest absolute Gasteiger partial charge is 0.369 e. The number of aromatic nitrogens is 2. The summed E-state index contributed by atoms with van der Waals surface area (Å²) >= 11 is 0. The Balaban J connectivity index is 3.08. The zero-order chi connectivity index (χ0) is 13.5. The zero-order valence-corrected chi connectivity index (χ0v) is 12.3. The zero-order valence-electron chi connectivity index (χ0n) is 12.3. The first kappa shape index (κ1) is 14.9. The smallest absolute Gasteiger partial charge is 0.131 e. The van der Waals surface area contributed by atoms with Crippen LogP contribution in [0.25, 0.3) is 0 Å². The van der Waals surface area contributed by atoms with Gasteiger partial charge in [0.2, 0.25) is 0 Å². The third kappa shape index (κ3) is 3.67. The van der Waals surface area contributed by atoms with Crippen molar-refractivity contribution in [2.24, 2.45) is 0 Å². The van der Waals surface area contributed by atoms with Gasteiger partial charge in [-0.25, -0.2) is 9.97 Å². The number of hydrogen-bond donors (Lipinski definition) is 1. The average Bonchev–Trinajstić information content (AvgIpc) is 2.36. The lowest BCUT2D eigenvalue weighted by atomic mass is 10.2. The molecule has 4 nitrogen and oxygen atoms in total. The van der Waals surface area contributed by atoms with E-state index in [0.29, 0.717) is 5.92 Å². The Bertz CT molecular complexity index is 363. The molecule has 0 saturated carbocycles. The van der Waals surface area contributed by atoms with E-state index >= 15 is 0 Å². The van der Waals surface area contributed by atoms with Crippen molar-refractivity contribution in [3.8, 4) is 0 Å². The second kappa shape index (κ2) is 7.31. The monoisotopic (exact) mass is 250 g/mol. The molecule has 0 fully saturated rings. The lowest BCUT2D eigenvalue weighted by Gasteiger charge is -2.24. The Morgan fingerprint density at radius 2 is 2.06 bits per heavy atom. The first-order chi connectivity index (χ1) is 8.63. The Morgan fingerprint density at radius 3 is 2.56 bits per heavy atom. The van der Waals surface area contributed by atoms with Gasteiger partial charge in [-0.2, -0.15) is 0 Å². The molecule has 1 N–H and O–H groups in total. The summed E-state index contributed by atoms with van der Waals surface area (Å²) in [7, 11) is 1.96. The number of nitrogens with one attached hydrogen (secondary N) is 1. The van der Waals surface area contributed by atoms with E-state index in [4.69, 9.17) is 4.98 Å². The highest BCUT2D eigenvalue weighted by atomic mass is 15.1. The Kier molecular flexibility index (Phi) is 6.05. The summed E-state index contributed by atoms with van der Waals surface area (Å²) in [5, 5.41) is 3.19. The Labute approximate surface area is 111 Å². The van der Waals surface area contributed by atoms with Crippen LogP contribution in [0.5, 0.6) is 0 Å². The van der Waals surface area contributed by atoms with Gasteiger partial charge in [0.05, 0.1) is 17.6 Å². The van der Waals surface area contributed by atoms with Crippen LogP contribution in [0.15, 0.2) is 6.20 Å². The van der Waals surface area contributed by atoms with Crippen molar-refractivity contribution in [3.05, 3.63) is 17.7 Å². The van der Waals surface area contributed by atoms with E-state index in [-0.39, 0.29) is 0 Å².